The Bertz CT molecular complexity index is 320. The van der Waals surface area contributed by atoms with Gasteiger partial charge in [0.05, 0.1) is 19.3 Å². The van der Waals surface area contributed by atoms with Crippen LogP contribution in [-0.4, -0.2) is 42.4 Å². The SMILES string of the molecule is C=C/C1=C(\C=C/C)CC[C@H](O)[C@@H](CO)OCOC1. The average molecular weight is 254 g/mol. The summed E-state index contributed by atoms with van der Waals surface area (Å²) in [6, 6.07) is 0. The van der Waals surface area contributed by atoms with Gasteiger partial charge in [-0.25, -0.2) is 0 Å². The number of aliphatic hydroxyl groups excluding tert-OH is 2. The van der Waals surface area contributed by atoms with E-state index in [4.69, 9.17) is 14.6 Å². The summed E-state index contributed by atoms with van der Waals surface area (Å²) in [6.45, 7) is 6.01. The first-order chi connectivity index (χ1) is 8.72. The maximum atomic E-state index is 9.92. The molecule has 0 spiro atoms. The third-order valence-corrected chi connectivity index (χ3v) is 2.97. The molecule has 0 aromatic rings. The second-order valence-corrected chi connectivity index (χ2v) is 4.21. The lowest BCUT2D eigenvalue weighted by molar-refractivity contribution is -0.135. The molecule has 1 aliphatic rings. The van der Waals surface area contributed by atoms with Crippen molar-refractivity contribution < 1.29 is 19.7 Å². The van der Waals surface area contributed by atoms with Crippen LogP contribution in [0.2, 0.25) is 0 Å². The van der Waals surface area contributed by atoms with Gasteiger partial charge < -0.3 is 19.7 Å². The first-order valence-electron chi connectivity index (χ1n) is 6.18. The Balaban J connectivity index is 2.84. The van der Waals surface area contributed by atoms with Gasteiger partial charge in [0.1, 0.15) is 12.9 Å². The van der Waals surface area contributed by atoms with Crippen molar-refractivity contribution in [3.63, 3.8) is 0 Å². The molecule has 102 valence electrons. The number of ether oxygens (including phenoxy) is 2. The quantitative estimate of drug-likeness (QED) is 0.802. The summed E-state index contributed by atoms with van der Waals surface area (Å²) in [5.74, 6) is 0. The van der Waals surface area contributed by atoms with E-state index in [1.54, 1.807) is 6.08 Å². The van der Waals surface area contributed by atoms with Crippen LogP contribution in [0.1, 0.15) is 19.8 Å². The summed E-state index contributed by atoms with van der Waals surface area (Å²) in [6.07, 6.45) is 5.70. The summed E-state index contributed by atoms with van der Waals surface area (Å²) in [5.41, 5.74) is 2.11. The van der Waals surface area contributed by atoms with Crippen molar-refractivity contribution in [2.24, 2.45) is 0 Å². The Kier molecular flexibility index (Phi) is 6.90. The molecule has 2 N–H and O–H groups in total. The summed E-state index contributed by atoms with van der Waals surface area (Å²) >= 11 is 0. The number of hydrogen-bond donors (Lipinski definition) is 2. The Labute approximate surface area is 108 Å². The molecule has 0 aromatic carbocycles. The van der Waals surface area contributed by atoms with Crippen LogP contribution in [0.3, 0.4) is 0 Å². The molecule has 0 aliphatic carbocycles. The number of hydrogen-bond acceptors (Lipinski definition) is 4. The molecule has 0 radical (unpaired) electrons. The van der Waals surface area contributed by atoms with Gasteiger partial charge in [-0.2, -0.15) is 0 Å². The molecule has 0 aromatic heterocycles. The molecule has 2 atom stereocenters. The topological polar surface area (TPSA) is 58.9 Å². The molecule has 0 saturated heterocycles. The number of aliphatic hydroxyl groups is 2. The molecular formula is C14H22O4. The third-order valence-electron chi connectivity index (χ3n) is 2.97. The predicted molar refractivity (Wildman–Crippen MR) is 70.1 cm³/mol. The van der Waals surface area contributed by atoms with Crippen LogP contribution in [0, 0.1) is 0 Å². The highest BCUT2D eigenvalue weighted by molar-refractivity contribution is 5.32. The van der Waals surface area contributed by atoms with E-state index < -0.39 is 12.2 Å². The highest BCUT2D eigenvalue weighted by Crippen LogP contribution is 2.19. The van der Waals surface area contributed by atoms with Crippen LogP contribution in [0.4, 0.5) is 0 Å². The largest absolute Gasteiger partial charge is 0.394 e. The normalized spacial score (nSPS) is 31.5. The lowest BCUT2D eigenvalue weighted by atomic mass is 9.99. The van der Waals surface area contributed by atoms with Gasteiger partial charge in [0.25, 0.3) is 0 Å². The van der Waals surface area contributed by atoms with Gasteiger partial charge in [-0.1, -0.05) is 24.8 Å². The zero-order chi connectivity index (χ0) is 13.4. The minimum atomic E-state index is -0.692. The second-order valence-electron chi connectivity index (χ2n) is 4.21. The van der Waals surface area contributed by atoms with Crippen molar-refractivity contribution in [2.45, 2.75) is 32.0 Å². The van der Waals surface area contributed by atoms with E-state index in [-0.39, 0.29) is 13.4 Å². The summed E-state index contributed by atoms with van der Waals surface area (Å²) < 4.78 is 10.6. The van der Waals surface area contributed by atoms with Gasteiger partial charge in [-0.05, 0) is 30.9 Å². The lowest BCUT2D eigenvalue weighted by Crippen LogP contribution is -2.33. The summed E-state index contributed by atoms with van der Waals surface area (Å²) in [7, 11) is 0. The molecule has 18 heavy (non-hydrogen) atoms. The van der Waals surface area contributed by atoms with Gasteiger partial charge in [0, 0.05) is 0 Å². The molecule has 0 unspecified atom stereocenters. The molecule has 1 aliphatic heterocycles. The molecule has 0 bridgehead atoms. The smallest absolute Gasteiger partial charge is 0.147 e. The van der Waals surface area contributed by atoms with Crippen molar-refractivity contribution in [2.75, 3.05) is 20.0 Å². The number of rotatable bonds is 3. The standard InChI is InChI=1S/C14H22O4/c1-3-5-12-6-7-13(16)14(8-15)18-10-17-9-11(12)4-2/h3-5,13-16H,2,6-10H2,1H3/b5-3-,12-11-/t13-,14+/m0/s1. The van der Waals surface area contributed by atoms with E-state index in [2.05, 4.69) is 6.58 Å². The maximum Gasteiger partial charge on any atom is 0.147 e. The van der Waals surface area contributed by atoms with E-state index in [0.717, 1.165) is 11.1 Å². The molecular weight excluding hydrogens is 232 g/mol. The van der Waals surface area contributed by atoms with Crippen molar-refractivity contribution >= 4 is 0 Å². The van der Waals surface area contributed by atoms with Gasteiger partial charge in [0.2, 0.25) is 0 Å². The van der Waals surface area contributed by atoms with Gasteiger partial charge >= 0.3 is 0 Å². The first kappa shape index (κ1) is 15.1. The van der Waals surface area contributed by atoms with Crippen molar-refractivity contribution in [1.29, 1.82) is 0 Å². The van der Waals surface area contributed by atoms with Crippen LogP contribution in [0.5, 0.6) is 0 Å². The van der Waals surface area contributed by atoms with Crippen LogP contribution >= 0.6 is 0 Å². The molecule has 4 nitrogen and oxygen atoms in total. The Hall–Kier alpha value is -0.940. The lowest BCUT2D eigenvalue weighted by Gasteiger charge is -2.23. The van der Waals surface area contributed by atoms with Crippen LogP contribution in [0.25, 0.3) is 0 Å². The average Bonchev–Trinajstić information content (AvgIpc) is 2.39. The fourth-order valence-electron chi connectivity index (χ4n) is 1.90. The Morgan fingerprint density at radius 2 is 2.22 bits per heavy atom. The van der Waals surface area contributed by atoms with Gasteiger partial charge in [0.15, 0.2) is 0 Å². The fourth-order valence-corrected chi connectivity index (χ4v) is 1.90. The fraction of sp³-hybridized carbons (Fsp3) is 0.571. The van der Waals surface area contributed by atoms with Crippen LogP contribution in [0.15, 0.2) is 36.0 Å². The van der Waals surface area contributed by atoms with Gasteiger partial charge in [-0.3, -0.25) is 0 Å². The molecule has 1 heterocycles. The van der Waals surface area contributed by atoms with Crippen molar-refractivity contribution in [3.05, 3.63) is 36.0 Å². The van der Waals surface area contributed by atoms with Gasteiger partial charge in [-0.15, -0.1) is 0 Å². The highest BCUT2D eigenvalue weighted by Gasteiger charge is 2.20. The zero-order valence-electron chi connectivity index (χ0n) is 10.8. The molecule has 0 saturated carbocycles. The highest BCUT2D eigenvalue weighted by atomic mass is 16.7. The maximum absolute atomic E-state index is 9.92. The minimum Gasteiger partial charge on any atom is -0.394 e. The Morgan fingerprint density at radius 3 is 2.83 bits per heavy atom. The second kappa shape index (κ2) is 8.21. The van der Waals surface area contributed by atoms with Crippen LogP contribution < -0.4 is 0 Å². The molecule has 0 amide bonds. The monoisotopic (exact) mass is 254 g/mol. The predicted octanol–water partition coefficient (Wildman–Crippen LogP) is 1.55. The van der Waals surface area contributed by atoms with Crippen molar-refractivity contribution in [3.8, 4) is 0 Å². The molecule has 1 rings (SSSR count). The zero-order valence-corrected chi connectivity index (χ0v) is 10.8. The minimum absolute atomic E-state index is 0.0583. The summed E-state index contributed by atoms with van der Waals surface area (Å²) in [5, 5.41) is 19.0. The first-order valence-corrected chi connectivity index (χ1v) is 6.18. The van der Waals surface area contributed by atoms with E-state index in [0.29, 0.717) is 19.4 Å². The van der Waals surface area contributed by atoms with Crippen LogP contribution in [-0.2, 0) is 9.47 Å². The number of allylic oxidation sites excluding steroid dienone is 3. The third kappa shape index (κ3) is 4.38. The van der Waals surface area contributed by atoms with E-state index in [1.165, 1.54) is 0 Å². The van der Waals surface area contributed by atoms with E-state index in [9.17, 15) is 5.11 Å². The molecule has 4 heteroatoms. The van der Waals surface area contributed by atoms with Crippen molar-refractivity contribution in [1.82, 2.24) is 0 Å². The summed E-state index contributed by atoms with van der Waals surface area (Å²) in [4.78, 5) is 0. The Morgan fingerprint density at radius 1 is 1.44 bits per heavy atom. The van der Waals surface area contributed by atoms with E-state index >= 15 is 0 Å². The van der Waals surface area contributed by atoms with E-state index in [1.807, 2.05) is 19.1 Å². The molecule has 0 fully saturated rings.